The van der Waals surface area contributed by atoms with Crippen LogP contribution in [0.25, 0.3) is 0 Å². The molecule has 28 heavy (non-hydrogen) atoms. The van der Waals surface area contributed by atoms with Gasteiger partial charge in [0, 0.05) is 6.54 Å². The monoisotopic (exact) mass is 389 g/mol. The minimum Gasteiger partial charge on any atom is -0.481 e. The first-order chi connectivity index (χ1) is 13.3. The number of carboxylic acids is 2. The van der Waals surface area contributed by atoms with Crippen molar-refractivity contribution in [3.63, 3.8) is 0 Å². The molecule has 150 valence electrons. The summed E-state index contributed by atoms with van der Waals surface area (Å²) in [6.07, 6.45) is 0.409. The minimum atomic E-state index is -1.05. The Kier molecular flexibility index (Phi) is 7.52. The van der Waals surface area contributed by atoms with Crippen molar-refractivity contribution in [2.24, 2.45) is 5.92 Å². The fraction of sp³-hybridized carbons (Fsp3) is 0.333. The largest absolute Gasteiger partial charge is 0.481 e. The number of ether oxygens (including phenoxy) is 1. The van der Waals surface area contributed by atoms with Crippen LogP contribution in [0.4, 0.5) is 4.39 Å². The predicted molar refractivity (Wildman–Crippen MR) is 102 cm³/mol. The summed E-state index contributed by atoms with van der Waals surface area (Å²) in [6.45, 7) is 3.81. The molecule has 0 radical (unpaired) electrons. The van der Waals surface area contributed by atoms with E-state index in [1.165, 1.54) is 24.3 Å². The van der Waals surface area contributed by atoms with Crippen molar-refractivity contribution < 1.29 is 28.9 Å². The van der Waals surface area contributed by atoms with Gasteiger partial charge in [-0.2, -0.15) is 0 Å². The fourth-order valence-corrected chi connectivity index (χ4v) is 2.76. The lowest BCUT2D eigenvalue weighted by Gasteiger charge is -2.20. The lowest BCUT2D eigenvalue weighted by molar-refractivity contribution is -0.142. The molecule has 0 aliphatic carbocycles. The standard InChI is InChI=1S/C21H24FNO5/c1-13(2)11-19(21(26)27)23-12-18(20(24)25)14-3-7-16(8-4-14)28-17-9-5-15(22)6-10-17/h3-10,13,18-19,23H,11-12H2,1-2H3,(H,24,25)(H,26,27). The lowest BCUT2D eigenvalue weighted by Crippen LogP contribution is -2.41. The smallest absolute Gasteiger partial charge is 0.320 e. The van der Waals surface area contributed by atoms with Crippen molar-refractivity contribution in [2.45, 2.75) is 32.2 Å². The molecule has 6 nitrogen and oxygen atoms in total. The van der Waals surface area contributed by atoms with Gasteiger partial charge in [-0.25, -0.2) is 4.39 Å². The quantitative estimate of drug-likeness (QED) is 0.571. The fourth-order valence-electron chi connectivity index (χ4n) is 2.76. The highest BCUT2D eigenvalue weighted by molar-refractivity contribution is 5.77. The molecule has 7 heteroatoms. The Bertz CT molecular complexity index is 789. The van der Waals surface area contributed by atoms with E-state index in [0.717, 1.165) is 0 Å². The van der Waals surface area contributed by atoms with E-state index in [1.807, 2.05) is 13.8 Å². The zero-order valence-electron chi connectivity index (χ0n) is 15.8. The Morgan fingerprint density at radius 1 is 0.964 bits per heavy atom. The van der Waals surface area contributed by atoms with Crippen LogP contribution in [-0.4, -0.2) is 34.7 Å². The Morgan fingerprint density at radius 2 is 1.50 bits per heavy atom. The number of hydrogen-bond donors (Lipinski definition) is 3. The summed E-state index contributed by atoms with van der Waals surface area (Å²) in [6, 6.07) is 11.2. The highest BCUT2D eigenvalue weighted by Crippen LogP contribution is 2.24. The van der Waals surface area contributed by atoms with Gasteiger partial charge in [0.1, 0.15) is 23.4 Å². The Morgan fingerprint density at radius 3 is 1.96 bits per heavy atom. The minimum absolute atomic E-state index is 0.00279. The second-order valence-electron chi connectivity index (χ2n) is 6.94. The van der Waals surface area contributed by atoms with Crippen LogP contribution < -0.4 is 10.1 Å². The van der Waals surface area contributed by atoms with Crippen LogP contribution in [0, 0.1) is 11.7 Å². The summed E-state index contributed by atoms with van der Waals surface area (Å²) in [5.41, 5.74) is 0.528. The van der Waals surface area contributed by atoms with Crippen LogP contribution in [0.5, 0.6) is 11.5 Å². The molecule has 0 aliphatic rings. The number of nitrogens with one attached hydrogen (secondary N) is 1. The predicted octanol–water partition coefficient (Wildman–Crippen LogP) is 3.88. The molecule has 0 aliphatic heterocycles. The first-order valence-corrected chi connectivity index (χ1v) is 8.98. The molecule has 2 atom stereocenters. The zero-order chi connectivity index (χ0) is 20.7. The topological polar surface area (TPSA) is 95.9 Å². The van der Waals surface area contributed by atoms with Gasteiger partial charge in [-0.05, 0) is 54.3 Å². The van der Waals surface area contributed by atoms with E-state index in [2.05, 4.69) is 5.32 Å². The number of carbonyl (C=O) groups is 2. The molecule has 2 unspecified atom stereocenters. The van der Waals surface area contributed by atoms with Gasteiger partial charge in [0.2, 0.25) is 0 Å². The number of aliphatic carboxylic acids is 2. The van der Waals surface area contributed by atoms with E-state index < -0.39 is 23.9 Å². The molecule has 3 N–H and O–H groups in total. The van der Waals surface area contributed by atoms with E-state index in [0.29, 0.717) is 23.5 Å². The van der Waals surface area contributed by atoms with Gasteiger partial charge in [-0.15, -0.1) is 0 Å². The van der Waals surface area contributed by atoms with Crippen molar-refractivity contribution in [3.05, 3.63) is 59.9 Å². The van der Waals surface area contributed by atoms with Crippen LogP contribution in [0.15, 0.2) is 48.5 Å². The first-order valence-electron chi connectivity index (χ1n) is 8.98. The number of hydrogen-bond acceptors (Lipinski definition) is 4. The summed E-state index contributed by atoms with van der Waals surface area (Å²) in [7, 11) is 0. The molecule has 0 aromatic heterocycles. The van der Waals surface area contributed by atoms with E-state index in [1.54, 1.807) is 24.3 Å². The highest BCUT2D eigenvalue weighted by Gasteiger charge is 2.24. The second-order valence-corrected chi connectivity index (χ2v) is 6.94. The highest BCUT2D eigenvalue weighted by atomic mass is 19.1. The van der Waals surface area contributed by atoms with Crippen LogP contribution >= 0.6 is 0 Å². The molecule has 2 aromatic carbocycles. The van der Waals surface area contributed by atoms with Gasteiger partial charge < -0.3 is 20.3 Å². The first kappa shape index (κ1) is 21.4. The number of rotatable bonds is 10. The average molecular weight is 389 g/mol. The van der Waals surface area contributed by atoms with Crippen LogP contribution in [0.3, 0.4) is 0 Å². The zero-order valence-corrected chi connectivity index (χ0v) is 15.8. The SMILES string of the molecule is CC(C)CC(NCC(C(=O)O)c1ccc(Oc2ccc(F)cc2)cc1)C(=O)O. The molecule has 0 saturated heterocycles. The summed E-state index contributed by atoms with van der Waals surface area (Å²) in [4.78, 5) is 23.0. The van der Waals surface area contributed by atoms with Crippen LogP contribution in [0.1, 0.15) is 31.7 Å². The molecule has 0 spiro atoms. The maximum absolute atomic E-state index is 12.9. The van der Waals surface area contributed by atoms with Crippen LogP contribution in [-0.2, 0) is 9.59 Å². The Hall–Kier alpha value is -2.93. The van der Waals surface area contributed by atoms with Gasteiger partial charge in [0.15, 0.2) is 0 Å². The van der Waals surface area contributed by atoms with Gasteiger partial charge in [-0.3, -0.25) is 9.59 Å². The molecule has 0 amide bonds. The molecule has 0 bridgehead atoms. The third-order valence-electron chi connectivity index (χ3n) is 4.20. The molecule has 2 aromatic rings. The molecular weight excluding hydrogens is 365 g/mol. The van der Waals surface area contributed by atoms with Gasteiger partial charge in [-0.1, -0.05) is 26.0 Å². The second kappa shape index (κ2) is 9.85. The van der Waals surface area contributed by atoms with E-state index >= 15 is 0 Å². The lowest BCUT2D eigenvalue weighted by atomic mass is 9.97. The van der Waals surface area contributed by atoms with Gasteiger partial charge in [0.05, 0.1) is 5.92 Å². The van der Waals surface area contributed by atoms with E-state index in [4.69, 9.17) is 4.74 Å². The van der Waals surface area contributed by atoms with Gasteiger partial charge in [0.25, 0.3) is 0 Å². The average Bonchev–Trinajstić information content (AvgIpc) is 2.63. The third-order valence-corrected chi connectivity index (χ3v) is 4.20. The maximum Gasteiger partial charge on any atom is 0.320 e. The Balaban J connectivity index is 2.05. The number of halogens is 1. The van der Waals surface area contributed by atoms with Crippen molar-refractivity contribution in [2.75, 3.05) is 6.54 Å². The number of benzene rings is 2. The van der Waals surface area contributed by atoms with E-state index in [-0.39, 0.29) is 18.3 Å². The molecular formula is C21H24FNO5. The number of carboxylic acid groups (broad SMARTS) is 2. The molecule has 0 fully saturated rings. The van der Waals surface area contributed by atoms with Gasteiger partial charge >= 0.3 is 11.9 Å². The molecule has 0 heterocycles. The van der Waals surface area contributed by atoms with Crippen molar-refractivity contribution in [1.82, 2.24) is 5.32 Å². The maximum atomic E-state index is 12.9. The van der Waals surface area contributed by atoms with E-state index in [9.17, 15) is 24.2 Å². The van der Waals surface area contributed by atoms with Crippen molar-refractivity contribution in [1.29, 1.82) is 0 Å². The summed E-state index contributed by atoms with van der Waals surface area (Å²) in [5.74, 6) is -2.20. The Labute approximate surface area is 163 Å². The molecule has 2 rings (SSSR count). The van der Waals surface area contributed by atoms with Crippen molar-refractivity contribution >= 4 is 11.9 Å². The summed E-state index contributed by atoms with van der Waals surface area (Å²) in [5, 5.41) is 21.7. The third kappa shape index (κ3) is 6.35. The summed E-state index contributed by atoms with van der Waals surface area (Å²) >= 11 is 0. The molecule has 0 saturated carbocycles. The van der Waals surface area contributed by atoms with Crippen molar-refractivity contribution in [3.8, 4) is 11.5 Å². The normalized spacial score (nSPS) is 13.1. The van der Waals surface area contributed by atoms with Crippen LogP contribution in [0.2, 0.25) is 0 Å². The summed E-state index contributed by atoms with van der Waals surface area (Å²) < 4.78 is 18.5.